The number of carbonyl (C=O) groups excluding carboxylic acids is 2. The van der Waals surface area contributed by atoms with Crippen LogP contribution in [0.2, 0.25) is 0 Å². The highest BCUT2D eigenvalue weighted by atomic mass is 19.1. The Morgan fingerprint density at radius 3 is 2.39 bits per heavy atom. The summed E-state index contributed by atoms with van der Waals surface area (Å²) in [7, 11) is 4.27. The van der Waals surface area contributed by atoms with E-state index in [0.29, 0.717) is 22.7 Å². The molecule has 0 aromatic heterocycles. The normalized spacial score (nSPS) is 19.0. The molecule has 2 aliphatic heterocycles. The molecule has 0 radical (unpaired) electrons. The molecule has 0 bridgehead atoms. The van der Waals surface area contributed by atoms with Crippen molar-refractivity contribution >= 4 is 23.1 Å². The van der Waals surface area contributed by atoms with Crippen LogP contribution in [0.4, 0.5) is 10.1 Å². The molecule has 1 saturated heterocycles. The Morgan fingerprint density at radius 1 is 0.972 bits per heavy atom. The van der Waals surface area contributed by atoms with Crippen molar-refractivity contribution in [3.8, 4) is 11.1 Å². The molecular weight excluding hydrogens is 455 g/mol. The zero-order valence-electron chi connectivity index (χ0n) is 20.4. The van der Waals surface area contributed by atoms with Crippen LogP contribution in [-0.4, -0.2) is 54.8 Å². The highest BCUT2D eigenvalue weighted by Gasteiger charge is 2.28. The number of nitrogens with one attached hydrogen (secondary N) is 2. The molecular formula is C29H29FN4O2. The Labute approximate surface area is 210 Å². The number of fused-ring (bicyclic) bond motifs is 1. The third kappa shape index (κ3) is 5.08. The highest BCUT2D eigenvalue weighted by molar-refractivity contribution is 6.31. The maximum Gasteiger partial charge on any atom is 0.260 e. The molecule has 5 rings (SSSR count). The van der Waals surface area contributed by atoms with Gasteiger partial charge in [-0.25, -0.2) is 4.39 Å². The van der Waals surface area contributed by atoms with Crippen molar-refractivity contribution in [3.63, 3.8) is 0 Å². The van der Waals surface area contributed by atoms with E-state index in [9.17, 15) is 14.0 Å². The number of likely N-dealkylation sites (N-methyl/N-ethyl adjacent to an activating group) is 1. The molecule has 36 heavy (non-hydrogen) atoms. The zero-order valence-corrected chi connectivity index (χ0v) is 20.4. The first-order valence-corrected chi connectivity index (χ1v) is 12.1. The first kappa shape index (κ1) is 23.9. The van der Waals surface area contributed by atoms with Crippen molar-refractivity contribution in [1.29, 1.82) is 0 Å². The maximum absolute atomic E-state index is 13.4. The summed E-state index contributed by atoms with van der Waals surface area (Å²) in [4.78, 5) is 29.9. The summed E-state index contributed by atoms with van der Waals surface area (Å²) < 4.78 is 13.4. The van der Waals surface area contributed by atoms with Gasteiger partial charge in [-0.15, -0.1) is 0 Å². The number of likely N-dealkylation sites (tertiary alicyclic amines) is 1. The Balaban J connectivity index is 1.33. The van der Waals surface area contributed by atoms with Crippen LogP contribution in [0.25, 0.3) is 16.7 Å². The van der Waals surface area contributed by atoms with Gasteiger partial charge in [0.1, 0.15) is 5.82 Å². The molecule has 1 fully saturated rings. The molecule has 2 N–H and O–H groups in total. The molecule has 3 aromatic rings. The summed E-state index contributed by atoms with van der Waals surface area (Å²) in [6.45, 7) is 3.09. The lowest BCUT2D eigenvalue weighted by Gasteiger charge is -2.20. The van der Waals surface area contributed by atoms with Gasteiger partial charge in [-0.3, -0.25) is 19.8 Å². The van der Waals surface area contributed by atoms with Crippen molar-refractivity contribution in [2.24, 2.45) is 0 Å². The number of nitrogens with zero attached hydrogens (tertiary/aromatic N) is 2. The minimum atomic E-state index is -0.461. The van der Waals surface area contributed by atoms with E-state index < -0.39 is 11.8 Å². The zero-order chi connectivity index (χ0) is 25.2. The van der Waals surface area contributed by atoms with Crippen molar-refractivity contribution in [2.75, 3.05) is 32.5 Å². The second kappa shape index (κ2) is 10.0. The van der Waals surface area contributed by atoms with Crippen molar-refractivity contribution in [1.82, 2.24) is 15.1 Å². The van der Waals surface area contributed by atoms with Crippen LogP contribution in [0.3, 0.4) is 0 Å². The SMILES string of the molecule is CN(C)C1CCN(Cc2ccc(NC=C3C(=O)NC(=O)c4ccc(-c5ccc(F)cc5)cc43)cc2)C1. The molecule has 2 amide bonds. The smallest absolute Gasteiger partial charge is 0.260 e. The Morgan fingerprint density at radius 2 is 1.69 bits per heavy atom. The van der Waals surface area contributed by atoms with Gasteiger partial charge in [-0.05, 0) is 73.6 Å². The molecule has 3 aromatic carbocycles. The van der Waals surface area contributed by atoms with Crippen molar-refractivity contribution in [2.45, 2.75) is 19.0 Å². The minimum Gasteiger partial charge on any atom is -0.361 e. The topological polar surface area (TPSA) is 64.7 Å². The molecule has 1 unspecified atom stereocenters. The fourth-order valence-corrected chi connectivity index (χ4v) is 4.79. The van der Waals surface area contributed by atoms with Crippen molar-refractivity contribution in [3.05, 3.63) is 95.4 Å². The predicted octanol–water partition coefficient (Wildman–Crippen LogP) is 4.35. The van der Waals surface area contributed by atoms with Crippen LogP contribution in [-0.2, 0) is 11.3 Å². The van der Waals surface area contributed by atoms with E-state index >= 15 is 0 Å². The van der Waals surface area contributed by atoms with Crippen LogP contribution in [0, 0.1) is 5.82 Å². The number of imide groups is 1. The van der Waals surface area contributed by atoms with Gasteiger partial charge >= 0.3 is 0 Å². The van der Waals surface area contributed by atoms with Gasteiger partial charge in [0, 0.05) is 48.7 Å². The monoisotopic (exact) mass is 484 g/mol. The first-order chi connectivity index (χ1) is 17.4. The molecule has 0 aliphatic carbocycles. The number of anilines is 1. The lowest BCUT2D eigenvalue weighted by molar-refractivity contribution is -0.114. The molecule has 7 heteroatoms. The number of benzene rings is 3. The summed E-state index contributed by atoms with van der Waals surface area (Å²) >= 11 is 0. The Kier molecular flexibility index (Phi) is 6.67. The van der Waals surface area contributed by atoms with Gasteiger partial charge in [0.25, 0.3) is 11.8 Å². The second-order valence-electron chi connectivity index (χ2n) is 9.59. The van der Waals surface area contributed by atoms with E-state index in [4.69, 9.17) is 0 Å². The van der Waals surface area contributed by atoms with Gasteiger partial charge in [-0.2, -0.15) is 0 Å². The number of rotatable bonds is 6. The van der Waals surface area contributed by atoms with Crippen LogP contribution >= 0.6 is 0 Å². The van der Waals surface area contributed by atoms with Gasteiger partial charge in [0.15, 0.2) is 0 Å². The molecule has 184 valence electrons. The Bertz CT molecular complexity index is 1320. The summed E-state index contributed by atoms with van der Waals surface area (Å²) in [6.07, 6.45) is 2.82. The number of amides is 2. The average Bonchev–Trinajstić information content (AvgIpc) is 3.34. The number of hydrogen-bond donors (Lipinski definition) is 2. The van der Waals surface area contributed by atoms with Gasteiger partial charge < -0.3 is 10.2 Å². The quantitative estimate of drug-likeness (QED) is 0.402. The van der Waals surface area contributed by atoms with Gasteiger partial charge in [0.2, 0.25) is 0 Å². The molecule has 2 heterocycles. The summed E-state index contributed by atoms with van der Waals surface area (Å²) in [5, 5.41) is 5.61. The lowest BCUT2D eigenvalue weighted by Crippen LogP contribution is -2.36. The third-order valence-corrected chi connectivity index (χ3v) is 6.92. The fourth-order valence-electron chi connectivity index (χ4n) is 4.79. The largest absolute Gasteiger partial charge is 0.361 e. The average molecular weight is 485 g/mol. The third-order valence-electron chi connectivity index (χ3n) is 6.92. The van der Waals surface area contributed by atoms with Crippen LogP contribution in [0.5, 0.6) is 0 Å². The number of hydrogen-bond acceptors (Lipinski definition) is 5. The van der Waals surface area contributed by atoms with E-state index in [1.165, 1.54) is 24.1 Å². The fraction of sp³-hybridized carbons (Fsp3) is 0.241. The van der Waals surface area contributed by atoms with E-state index in [1.807, 2.05) is 12.1 Å². The molecule has 2 aliphatic rings. The number of halogens is 1. The molecule has 1 atom stereocenters. The van der Waals surface area contributed by atoms with Gasteiger partial charge in [0.05, 0.1) is 5.57 Å². The summed E-state index contributed by atoms with van der Waals surface area (Å²) in [5.41, 5.74) is 5.01. The minimum absolute atomic E-state index is 0.319. The standard InChI is InChI=1S/C29H29FN4O2/c1-33(2)24-13-14-34(18-24)17-19-3-10-23(11-4-19)31-16-27-26-15-21(20-5-8-22(30)9-6-20)7-12-25(26)28(35)32-29(27)36/h3-12,15-16,24,31H,13-14,17-18H2,1-2H3,(H,32,35,36). The van der Waals surface area contributed by atoms with Crippen LogP contribution < -0.4 is 10.6 Å². The van der Waals surface area contributed by atoms with E-state index in [-0.39, 0.29) is 5.82 Å². The number of carbonyl (C=O) groups is 2. The van der Waals surface area contributed by atoms with E-state index in [1.54, 1.807) is 36.5 Å². The van der Waals surface area contributed by atoms with Gasteiger partial charge in [-0.1, -0.05) is 30.3 Å². The predicted molar refractivity (Wildman–Crippen MR) is 140 cm³/mol. The van der Waals surface area contributed by atoms with E-state index in [2.05, 4.69) is 46.7 Å². The lowest BCUT2D eigenvalue weighted by atomic mass is 9.91. The first-order valence-electron chi connectivity index (χ1n) is 12.1. The van der Waals surface area contributed by atoms with Crippen LogP contribution in [0.15, 0.2) is 72.9 Å². The Hall–Kier alpha value is -3.81. The highest BCUT2D eigenvalue weighted by Crippen LogP contribution is 2.30. The summed E-state index contributed by atoms with van der Waals surface area (Å²) in [5.74, 6) is -1.21. The molecule has 0 saturated carbocycles. The van der Waals surface area contributed by atoms with E-state index in [0.717, 1.165) is 36.4 Å². The maximum atomic E-state index is 13.4. The van der Waals surface area contributed by atoms with Crippen molar-refractivity contribution < 1.29 is 14.0 Å². The molecule has 6 nitrogen and oxygen atoms in total. The summed E-state index contributed by atoms with van der Waals surface area (Å²) in [6, 6.07) is 20.2. The second-order valence-corrected chi connectivity index (χ2v) is 9.59. The molecule has 0 spiro atoms. The van der Waals surface area contributed by atoms with Crippen LogP contribution in [0.1, 0.15) is 27.9 Å².